The molecule has 1 aliphatic heterocycles. The monoisotopic (exact) mass is 660 g/mol. The number of carbonyl (C=O) groups excluding carboxylic acids is 3. The van der Waals surface area contributed by atoms with Crippen molar-refractivity contribution in [2.45, 2.75) is 77.8 Å². The minimum absolute atomic E-state index is 0.0422. The summed E-state index contributed by atoms with van der Waals surface area (Å²) in [6.07, 6.45) is 1.17. The van der Waals surface area contributed by atoms with Gasteiger partial charge in [-0.15, -0.1) is 0 Å². The Kier molecular flexibility index (Phi) is 8.35. The van der Waals surface area contributed by atoms with E-state index in [1.807, 2.05) is 13.8 Å². The molecule has 8 atom stereocenters. The van der Waals surface area contributed by atoms with Crippen LogP contribution in [0.2, 0.25) is 0 Å². The Labute approximate surface area is 277 Å². The van der Waals surface area contributed by atoms with Gasteiger partial charge in [-0.25, -0.2) is 9.59 Å². The van der Waals surface area contributed by atoms with Crippen molar-refractivity contribution >= 4 is 23.6 Å². The first kappa shape index (κ1) is 33.2. The van der Waals surface area contributed by atoms with E-state index in [0.29, 0.717) is 24.1 Å². The van der Waals surface area contributed by atoms with Gasteiger partial charge in [0.25, 0.3) is 0 Å². The number of nitrogens with two attached hydrogens (primary N) is 1. The zero-order valence-electron chi connectivity index (χ0n) is 27.6. The van der Waals surface area contributed by atoms with Crippen molar-refractivity contribution in [3.05, 3.63) is 76.4 Å². The third kappa shape index (κ3) is 5.51. The highest BCUT2D eigenvalue weighted by Crippen LogP contribution is 2.67. The van der Waals surface area contributed by atoms with Crippen LogP contribution < -0.4 is 16.1 Å². The van der Waals surface area contributed by atoms with Crippen molar-refractivity contribution in [2.24, 2.45) is 22.7 Å². The van der Waals surface area contributed by atoms with Gasteiger partial charge in [-0.1, -0.05) is 13.8 Å². The zero-order valence-corrected chi connectivity index (χ0v) is 27.6. The molecule has 12 nitrogen and oxygen atoms in total. The smallest absolute Gasteiger partial charge is 0.345 e. The fraction of sp³-hybridized carbons (Fsp3) is 0.472. The number of aliphatic hydroxyl groups excluding tert-OH is 1. The van der Waals surface area contributed by atoms with Gasteiger partial charge in [-0.05, 0) is 73.9 Å². The number of pyridine rings is 1. The number of ether oxygens (including phenoxy) is 4. The van der Waals surface area contributed by atoms with Crippen LogP contribution in [-0.4, -0.2) is 52.4 Å². The summed E-state index contributed by atoms with van der Waals surface area (Å²) in [5.41, 5.74) is 3.21. The van der Waals surface area contributed by atoms with Crippen LogP contribution >= 0.6 is 0 Å². The quantitative estimate of drug-likeness (QED) is 0.213. The first-order valence-electron chi connectivity index (χ1n) is 16.0. The standard InChI is InChI=1S/C36H40N2O10/c1-19(39)44-18-35(4)26-16-28(47-32(42)21-8-10-23(37)11-9-21)36(5)31(34(26,3)13-12-27(35)45-20(2)40)30(41)29-25(48-36)15-24(46-33(29)43)22-7-6-14-38-17-22/h6-11,14-15,17,26-28,30-31,41H,12-13,16,18,37H2,1-5H3/t26?,27-,28-,30-,31?,34-,35?,36+/m0/s1. The largest absolute Gasteiger partial charge is 0.482 e. The lowest BCUT2D eigenvalue weighted by Gasteiger charge is -2.66. The second kappa shape index (κ2) is 12.1. The lowest BCUT2D eigenvalue weighted by Crippen LogP contribution is -2.71. The third-order valence-corrected chi connectivity index (χ3v) is 10.8. The van der Waals surface area contributed by atoms with E-state index in [0.717, 1.165) is 0 Å². The molecule has 0 radical (unpaired) electrons. The van der Waals surface area contributed by atoms with Crippen LogP contribution in [0.4, 0.5) is 5.69 Å². The first-order chi connectivity index (χ1) is 22.7. The van der Waals surface area contributed by atoms with E-state index in [1.54, 1.807) is 61.8 Å². The molecule has 6 rings (SSSR count). The van der Waals surface area contributed by atoms with E-state index in [9.17, 15) is 24.3 Å². The SMILES string of the molecule is CC(=O)OCC1(C)C2C[C@H](OC(=O)c3ccc(N)cc3)[C@@]3(C)Oc4cc(-c5cccnc5)oc(=O)c4[C@H](O)C3[C@@]2(C)CC[C@@H]1OC(C)=O. The average molecular weight is 661 g/mol. The van der Waals surface area contributed by atoms with E-state index < -0.39 is 70.1 Å². The average Bonchev–Trinajstić information content (AvgIpc) is 3.02. The molecule has 2 aliphatic carbocycles. The molecule has 12 heteroatoms. The molecule has 3 aliphatic rings. The van der Waals surface area contributed by atoms with Crippen LogP contribution in [0.1, 0.15) is 75.9 Å². The number of esters is 3. The Balaban J connectivity index is 1.50. The molecule has 2 saturated carbocycles. The Hall–Kier alpha value is -4.71. The van der Waals surface area contributed by atoms with Gasteiger partial charge in [0.05, 0.1) is 11.7 Å². The lowest BCUT2D eigenvalue weighted by atomic mass is 9.42. The summed E-state index contributed by atoms with van der Waals surface area (Å²) in [7, 11) is 0. The number of aliphatic hydroxyl groups is 1. The van der Waals surface area contributed by atoms with Crippen LogP contribution in [-0.2, 0) is 23.8 Å². The van der Waals surface area contributed by atoms with Gasteiger partial charge >= 0.3 is 23.5 Å². The van der Waals surface area contributed by atoms with Crippen molar-refractivity contribution < 1.29 is 42.9 Å². The summed E-state index contributed by atoms with van der Waals surface area (Å²) in [6, 6.07) is 11.3. The summed E-state index contributed by atoms with van der Waals surface area (Å²) in [5, 5.41) is 12.3. The number of aromatic nitrogens is 1. The zero-order chi connectivity index (χ0) is 34.6. The molecule has 3 N–H and O–H groups in total. The molecular weight excluding hydrogens is 620 g/mol. The second-order valence-electron chi connectivity index (χ2n) is 13.9. The number of rotatable bonds is 6. The number of hydrogen-bond donors (Lipinski definition) is 2. The van der Waals surface area contributed by atoms with E-state index >= 15 is 0 Å². The minimum Gasteiger partial charge on any atom is -0.482 e. The number of nitrogen functional groups attached to an aromatic ring is 1. The van der Waals surface area contributed by atoms with Gasteiger partial charge in [0.2, 0.25) is 0 Å². The molecule has 0 saturated heterocycles. The molecule has 48 heavy (non-hydrogen) atoms. The normalized spacial score (nSPS) is 32.0. The number of anilines is 1. The fourth-order valence-corrected chi connectivity index (χ4v) is 8.65. The molecule has 3 aromatic rings. The van der Waals surface area contributed by atoms with E-state index in [1.165, 1.54) is 13.8 Å². The molecular formula is C36H40N2O10. The molecule has 3 unspecified atom stereocenters. The molecule has 1 aromatic carbocycles. The van der Waals surface area contributed by atoms with Gasteiger partial charge in [-0.3, -0.25) is 14.6 Å². The van der Waals surface area contributed by atoms with Gasteiger partial charge in [0.1, 0.15) is 41.5 Å². The number of nitrogens with zero attached hydrogens (tertiary/aromatic N) is 1. The highest BCUT2D eigenvalue weighted by atomic mass is 16.6. The number of benzene rings is 1. The van der Waals surface area contributed by atoms with Crippen molar-refractivity contribution in [2.75, 3.05) is 12.3 Å². The fourth-order valence-electron chi connectivity index (χ4n) is 8.65. The predicted octanol–water partition coefficient (Wildman–Crippen LogP) is 4.63. The van der Waals surface area contributed by atoms with Gasteiger partial charge in [0, 0.05) is 54.9 Å². The molecule has 0 bridgehead atoms. The molecule has 0 amide bonds. The Morgan fingerprint density at radius 2 is 1.77 bits per heavy atom. The summed E-state index contributed by atoms with van der Waals surface area (Å²) in [4.78, 5) is 55.8. The molecule has 3 heterocycles. The van der Waals surface area contributed by atoms with Gasteiger partial charge < -0.3 is 34.2 Å². The van der Waals surface area contributed by atoms with Crippen molar-refractivity contribution in [1.82, 2.24) is 4.98 Å². The maximum atomic E-state index is 13.7. The summed E-state index contributed by atoms with van der Waals surface area (Å²) in [6.45, 7) is 8.20. The summed E-state index contributed by atoms with van der Waals surface area (Å²) in [5.74, 6) is -2.58. The van der Waals surface area contributed by atoms with Crippen molar-refractivity contribution in [1.29, 1.82) is 0 Å². The van der Waals surface area contributed by atoms with Crippen LogP contribution in [0.5, 0.6) is 5.75 Å². The van der Waals surface area contributed by atoms with Crippen molar-refractivity contribution in [3.8, 4) is 17.1 Å². The van der Waals surface area contributed by atoms with E-state index in [-0.39, 0.29) is 35.7 Å². The van der Waals surface area contributed by atoms with Crippen LogP contribution in [0.25, 0.3) is 11.3 Å². The summed E-state index contributed by atoms with van der Waals surface area (Å²) >= 11 is 0. The predicted molar refractivity (Wildman–Crippen MR) is 171 cm³/mol. The van der Waals surface area contributed by atoms with E-state index in [2.05, 4.69) is 4.98 Å². The molecule has 2 aromatic heterocycles. The first-order valence-corrected chi connectivity index (χ1v) is 16.0. The minimum atomic E-state index is -1.40. The molecule has 254 valence electrons. The Morgan fingerprint density at radius 1 is 1.04 bits per heavy atom. The highest BCUT2D eigenvalue weighted by molar-refractivity contribution is 5.90. The molecule has 2 fully saturated rings. The summed E-state index contributed by atoms with van der Waals surface area (Å²) < 4.78 is 30.2. The number of hydrogen-bond acceptors (Lipinski definition) is 12. The van der Waals surface area contributed by atoms with Gasteiger partial charge in [0.15, 0.2) is 0 Å². The lowest BCUT2D eigenvalue weighted by molar-refractivity contribution is -0.266. The Morgan fingerprint density at radius 3 is 2.42 bits per heavy atom. The number of fused-ring (bicyclic) bond motifs is 4. The highest BCUT2D eigenvalue weighted by Gasteiger charge is 2.71. The van der Waals surface area contributed by atoms with Crippen LogP contribution in [0.15, 0.2) is 64.1 Å². The van der Waals surface area contributed by atoms with Gasteiger partial charge in [-0.2, -0.15) is 0 Å². The topological polar surface area (TPSA) is 177 Å². The van der Waals surface area contributed by atoms with Crippen LogP contribution in [0, 0.1) is 22.7 Å². The number of carbonyl (C=O) groups is 3. The van der Waals surface area contributed by atoms with E-state index in [4.69, 9.17) is 29.1 Å². The maximum Gasteiger partial charge on any atom is 0.345 e. The van der Waals surface area contributed by atoms with Crippen molar-refractivity contribution in [3.63, 3.8) is 0 Å². The maximum absolute atomic E-state index is 13.7. The molecule has 0 spiro atoms. The Bertz CT molecular complexity index is 1790. The third-order valence-electron chi connectivity index (χ3n) is 10.8. The second-order valence-corrected chi connectivity index (χ2v) is 13.9. The van der Waals surface area contributed by atoms with Crippen LogP contribution in [0.3, 0.4) is 0 Å².